The molecule has 2 aromatic carbocycles. The average molecular weight is 392 g/mol. The molecule has 0 unspecified atom stereocenters. The molecule has 1 fully saturated rings. The molecule has 148 valence electrons. The minimum absolute atomic E-state index is 0.0357. The van der Waals surface area contributed by atoms with Gasteiger partial charge in [-0.3, -0.25) is 19.2 Å². The lowest BCUT2D eigenvalue weighted by Crippen LogP contribution is -2.35. The molecule has 0 spiro atoms. The number of fused-ring (bicyclic) bond motifs is 1. The fourth-order valence-electron chi connectivity index (χ4n) is 3.82. The average Bonchev–Trinajstić information content (AvgIpc) is 3.18. The van der Waals surface area contributed by atoms with Gasteiger partial charge >= 0.3 is 5.97 Å². The van der Waals surface area contributed by atoms with Crippen molar-refractivity contribution >= 4 is 29.4 Å². The lowest BCUT2D eigenvalue weighted by atomic mass is 10.1. The van der Waals surface area contributed by atoms with Gasteiger partial charge in [0.05, 0.1) is 17.0 Å². The van der Waals surface area contributed by atoms with Gasteiger partial charge in [0.25, 0.3) is 11.8 Å². The third-order valence-electron chi connectivity index (χ3n) is 5.19. The van der Waals surface area contributed by atoms with Crippen molar-refractivity contribution in [2.24, 2.45) is 5.92 Å². The van der Waals surface area contributed by atoms with Gasteiger partial charge in [-0.05, 0) is 49.2 Å². The van der Waals surface area contributed by atoms with Crippen LogP contribution in [0.25, 0.3) is 0 Å². The Hall–Kier alpha value is -3.48. The van der Waals surface area contributed by atoms with Gasteiger partial charge in [-0.15, -0.1) is 0 Å². The number of benzene rings is 2. The van der Waals surface area contributed by atoms with Gasteiger partial charge < -0.3 is 9.64 Å². The first-order chi connectivity index (χ1) is 13.8. The van der Waals surface area contributed by atoms with Crippen molar-refractivity contribution in [2.45, 2.75) is 20.3 Å². The van der Waals surface area contributed by atoms with E-state index in [0.717, 1.165) is 21.7 Å². The molecule has 0 aromatic heterocycles. The number of rotatable bonds is 4. The van der Waals surface area contributed by atoms with Crippen LogP contribution in [-0.4, -0.2) is 41.9 Å². The quantitative estimate of drug-likeness (QED) is 0.590. The first-order valence-electron chi connectivity index (χ1n) is 9.35. The second-order valence-corrected chi connectivity index (χ2v) is 7.43. The van der Waals surface area contributed by atoms with Crippen molar-refractivity contribution in [2.75, 3.05) is 18.2 Å². The first kappa shape index (κ1) is 18.9. The highest BCUT2D eigenvalue weighted by Gasteiger charge is 2.39. The van der Waals surface area contributed by atoms with E-state index in [1.54, 1.807) is 29.2 Å². The minimum atomic E-state index is -0.640. The summed E-state index contributed by atoms with van der Waals surface area (Å²) in [6.45, 7) is 3.65. The normalized spacial score (nSPS) is 18.4. The number of nitrogens with zero attached hydrogens (tertiary/aromatic N) is 2. The molecule has 2 aliphatic heterocycles. The number of hydrogen-bond acceptors (Lipinski definition) is 5. The summed E-state index contributed by atoms with van der Waals surface area (Å²) in [6.07, 6.45) is 0.0357. The maximum absolute atomic E-state index is 12.5. The molecule has 4 rings (SSSR count). The van der Waals surface area contributed by atoms with Crippen LogP contribution >= 0.6 is 0 Å². The van der Waals surface area contributed by atoms with E-state index in [4.69, 9.17) is 4.74 Å². The van der Waals surface area contributed by atoms with Crippen LogP contribution < -0.4 is 4.90 Å². The third kappa shape index (κ3) is 3.40. The standard InChI is InChI=1S/C22H20N2O5/c1-13-7-14(2)9-16(8-13)23-11-15(10-19(23)25)22(28)29-12-24-20(26)17-5-3-4-6-18(17)21(24)27/h3-9,15H,10-12H2,1-2H3/t15-/m0/s1. The Bertz CT molecular complexity index is 990. The fraction of sp³-hybridized carbons (Fsp3) is 0.273. The van der Waals surface area contributed by atoms with E-state index in [1.807, 2.05) is 32.0 Å². The summed E-state index contributed by atoms with van der Waals surface area (Å²) in [5, 5.41) is 0. The van der Waals surface area contributed by atoms with Gasteiger partial charge in [-0.25, -0.2) is 4.90 Å². The van der Waals surface area contributed by atoms with Crippen molar-refractivity contribution in [3.63, 3.8) is 0 Å². The number of hydrogen-bond donors (Lipinski definition) is 0. The van der Waals surface area contributed by atoms with Crippen LogP contribution in [0.4, 0.5) is 5.69 Å². The maximum atomic E-state index is 12.5. The summed E-state index contributed by atoms with van der Waals surface area (Å²) >= 11 is 0. The van der Waals surface area contributed by atoms with Crippen LogP contribution in [0.15, 0.2) is 42.5 Å². The van der Waals surface area contributed by atoms with Gasteiger partial charge in [0.15, 0.2) is 6.73 Å². The topological polar surface area (TPSA) is 84.0 Å². The summed E-state index contributed by atoms with van der Waals surface area (Å²) in [5.41, 5.74) is 3.41. The van der Waals surface area contributed by atoms with E-state index >= 15 is 0 Å². The number of amides is 3. The molecule has 2 heterocycles. The van der Waals surface area contributed by atoms with E-state index in [-0.39, 0.29) is 18.9 Å². The number of anilines is 1. The van der Waals surface area contributed by atoms with E-state index < -0.39 is 30.4 Å². The van der Waals surface area contributed by atoms with Crippen LogP contribution in [0.5, 0.6) is 0 Å². The molecular weight excluding hydrogens is 372 g/mol. The predicted octanol–water partition coefficient (Wildman–Crippen LogP) is 2.45. The van der Waals surface area contributed by atoms with E-state index in [2.05, 4.69) is 0 Å². The van der Waals surface area contributed by atoms with Crippen molar-refractivity contribution in [1.29, 1.82) is 0 Å². The zero-order chi connectivity index (χ0) is 20.7. The molecule has 0 bridgehead atoms. The number of carbonyl (C=O) groups is 4. The van der Waals surface area contributed by atoms with Gasteiger partial charge in [-0.2, -0.15) is 0 Å². The number of carbonyl (C=O) groups excluding carboxylic acids is 4. The van der Waals surface area contributed by atoms with Crippen molar-refractivity contribution in [3.8, 4) is 0 Å². The maximum Gasteiger partial charge on any atom is 0.313 e. The molecule has 1 atom stereocenters. The SMILES string of the molecule is Cc1cc(C)cc(N2C[C@@H](C(=O)OCN3C(=O)c4ccccc4C3=O)CC2=O)c1. The monoisotopic (exact) mass is 392 g/mol. The molecule has 0 saturated carbocycles. The summed E-state index contributed by atoms with van der Waals surface area (Å²) in [5.74, 6) is -2.37. The Morgan fingerprint density at radius 3 is 2.17 bits per heavy atom. The third-order valence-corrected chi connectivity index (χ3v) is 5.19. The zero-order valence-electron chi connectivity index (χ0n) is 16.2. The first-order valence-corrected chi connectivity index (χ1v) is 9.35. The Kier molecular flexibility index (Phi) is 4.66. The summed E-state index contributed by atoms with van der Waals surface area (Å²) in [6, 6.07) is 12.3. The molecule has 7 nitrogen and oxygen atoms in total. The van der Waals surface area contributed by atoms with Gasteiger partial charge in [0, 0.05) is 18.7 Å². The Labute approximate surface area is 167 Å². The second kappa shape index (κ2) is 7.16. The fourth-order valence-corrected chi connectivity index (χ4v) is 3.82. The van der Waals surface area contributed by atoms with Crippen LogP contribution in [0.2, 0.25) is 0 Å². The Morgan fingerprint density at radius 1 is 1.00 bits per heavy atom. The van der Waals surface area contributed by atoms with Gasteiger partial charge in [0.2, 0.25) is 5.91 Å². The molecule has 3 amide bonds. The minimum Gasteiger partial charge on any atom is -0.443 e. The van der Waals surface area contributed by atoms with Crippen molar-refractivity contribution in [3.05, 3.63) is 64.7 Å². The highest BCUT2D eigenvalue weighted by atomic mass is 16.5. The largest absolute Gasteiger partial charge is 0.443 e. The molecular formula is C22H20N2O5. The van der Waals surface area contributed by atoms with E-state index in [0.29, 0.717) is 11.1 Å². The van der Waals surface area contributed by atoms with Crippen molar-refractivity contribution < 1.29 is 23.9 Å². The van der Waals surface area contributed by atoms with Crippen LogP contribution in [0, 0.1) is 19.8 Å². The van der Waals surface area contributed by atoms with Crippen LogP contribution in [0.1, 0.15) is 38.3 Å². The predicted molar refractivity (Wildman–Crippen MR) is 104 cm³/mol. The van der Waals surface area contributed by atoms with E-state index in [1.165, 1.54) is 0 Å². The molecule has 0 aliphatic carbocycles. The number of imide groups is 1. The van der Waals surface area contributed by atoms with Crippen LogP contribution in [-0.2, 0) is 14.3 Å². The summed E-state index contributed by atoms with van der Waals surface area (Å²) < 4.78 is 5.23. The molecule has 0 radical (unpaired) electrons. The number of esters is 1. The molecule has 1 saturated heterocycles. The molecule has 2 aromatic rings. The molecule has 7 heteroatoms. The smallest absolute Gasteiger partial charge is 0.313 e. The van der Waals surface area contributed by atoms with Crippen LogP contribution in [0.3, 0.4) is 0 Å². The second-order valence-electron chi connectivity index (χ2n) is 7.43. The highest BCUT2D eigenvalue weighted by molar-refractivity contribution is 6.21. The number of ether oxygens (including phenoxy) is 1. The Balaban J connectivity index is 1.41. The number of aryl methyl sites for hydroxylation is 2. The molecule has 0 N–H and O–H groups in total. The van der Waals surface area contributed by atoms with Crippen molar-refractivity contribution in [1.82, 2.24) is 4.90 Å². The lowest BCUT2D eigenvalue weighted by Gasteiger charge is -2.18. The summed E-state index contributed by atoms with van der Waals surface area (Å²) in [4.78, 5) is 52.1. The van der Waals surface area contributed by atoms with E-state index in [9.17, 15) is 19.2 Å². The summed E-state index contributed by atoms with van der Waals surface area (Å²) in [7, 11) is 0. The lowest BCUT2D eigenvalue weighted by molar-refractivity contribution is -0.151. The highest BCUT2D eigenvalue weighted by Crippen LogP contribution is 2.28. The molecule has 29 heavy (non-hydrogen) atoms. The van der Waals surface area contributed by atoms with Gasteiger partial charge in [0.1, 0.15) is 0 Å². The zero-order valence-corrected chi connectivity index (χ0v) is 16.2. The molecule has 2 aliphatic rings. The van der Waals surface area contributed by atoms with Gasteiger partial charge in [-0.1, -0.05) is 18.2 Å². The Morgan fingerprint density at radius 2 is 1.59 bits per heavy atom.